The summed E-state index contributed by atoms with van der Waals surface area (Å²) in [5.74, 6) is 0.908. The third-order valence-corrected chi connectivity index (χ3v) is 6.88. The van der Waals surface area contributed by atoms with Crippen LogP contribution < -0.4 is 9.80 Å². The van der Waals surface area contributed by atoms with Crippen molar-refractivity contribution in [3.63, 3.8) is 0 Å². The largest absolute Gasteiger partial charge is 0.403 e. The molecule has 1 amide bonds. The Hall–Kier alpha value is -3.35. The van der Waals surface area contributed by atoms with E-state index in [0.29, 0.717) is 17.8 Å². The van der Waals surface area contributed by atoms with Crippen LogP contribution in [0.3, 0.4) is 0 Å². The first-order valence-electron chi connectivity index (χ1n) is 11.8. The van der Waals surface area contributed by atoms with Crippen molar-refractivity contribution in [1.82, 2.24) is 15.1 Å². The van der Waals surface area contributed by atoms with E-state index in [-0.39, 0.29) is 5.92 Å². The number of aryl methyl sites for hydroxylation is 2. The average molecular weight is 446 g/mol. The van der Waals surface area contributed by atoms with E-state index in [1.54, 1.807) is 0 Å². The van der Waals surface area contributed by atoms with Crippen molar-refractivity contribution in [3.05, 3.63) is 59.7 Å². The summed E-state index contributed by atoms with van der Waals surface area (Å²) in [5.41, 5.74) is 4.69. The molecule has 0 spiro atoms. The SMILES string of the molecule is Cc1ccc(-c2nnc(N3CCC(C(=O)N4CCN(c5ccccc5C)CC4)CC3)o2)cc1. The lowest BCUT2D eigenvalue weighted by Gasteiger charge is -2.39. The Balaban J connectivity index is 1.14. The average Bonchev–Trinajstić information content (AvgIpc) is 3.35. The maximum Gasteiger partial charge on any atom is 0.318 e. The van der Waals surface area contributed by atoms with Crippen molar-refractivity contribution in [2.45, 2.75) is 26.7 Å². The van der Waals surface area contributed by atoms with Crippen molar-refractivity contribution >= 4 is 17.6 Å². The lowest BCUT2D eigenvalue weighted by Crippen LogP contribution is -2.51. The molecule has 2 fully saturated rings. The maximum absolute atomic E-state index is 13.2. The smallest absolute Gasteiger partial charge is 0.318 e. The van der Waals surface area contributed by atoms with Crippen molar-refractivity contribution < 1.29 is 9.21 Å². The van der Waals surface area contributed by atoms with E-state index < -0.39 is 0 Å². The number of carbonyl (C=O) groups is 1. The molecule has 33 heavy (non-hydrogen) atoms. The van der Waals surface area contributed by atoms with Gasteiger partial charge in [-0.2, -0.15) is 0 Å². The zero-order chi connectivity index (χ0) is 22.8. The molecule has 5 rings (SSSR count). The fourth-order valence-corrected chi connectivity index (χ4v) is 4.82. The van der Waals surface area contributed by atoms with Crippen LogP contribution in [-0.2, 0) is 4.79 Å². The molecule has 2 aliphatic heterocycles. The van der Waals surface area contributed by atoms with E-state index in [4.69, 9.17) is 4.42 Å². The number of piperazine rings is 1. The molecule has 172 valence electrons. The van der Waals surface area contributed by atoms with Crippen molar-refractivity contribution in [2.75, 3.05) is 49.1 Å². The van der Waals surface area contributed by atoms with Crippen LogP contribution in [0.5, 0.6) is 0 Å². The minimum absolute atomic E-state index is 0.0748. The van der Waals surface area contributed by atoms with Gasteiger partial charge < -0.3 is 19.1 Å². The van der Waals surface area contributed by atoms with Gasteiger partial charge in [0.15, 0.2) is 0 Å². The predicted octanol–water partition coefficient (Wildman–Crippen LogP) is 3.92. The van der Waals surface area contributed by atoms with Crippen LogP contribution >= 0.6 is 0 Å². The molecule has 2 aliphatic rings. The van der Waals surface area contributed by atoms with Crippen LogP contribution in [0.4, 0.5) is 11.7 Å². The number of hydrogen-bond donors (Lipinski definition) is 0. The molecule has 0 unspecified atom stereocenters. The fourth-order valence-electron chi connectivity index (χ4n) is 4.82. The standard InChI is InChI=1S/C26H31N5O2/c1-19-7-9-21(10-8-19)24-27-28-26(33-24)31-13-11-22(12-14-31)25(32)30-17-15-29(16-18-30)23-6-4-3-5-20(23)2/h3-10,22H,11-18H2,1-2H3. The monoisotopic (exact) mass is 445 g/mol. The Morgan fingerprint density at radius 2 is 1.55 bits per heavy atom. The third kappa shape index (κ3) is 4.58. The predicted molar refractivity (Wildman–Crippen MR) is 129 cm³/mol. The summed E-state index contributed by atoms with van der Waals surface area (Å²) < 4.78 is 5.93. The molecule has 0 bridgehead atoms. The minimum Gasteiger partial charge on any atom is -0.403 e. The molecule has 0 atom stereocenters. The first-order chi connectivity index (χ1) is 16.1. The van der Waals surface area contributed by atoms with Gasteiger partial charge >= 0.3 is 6.01 Å². The summed E-state index contributed by atoms with van der Waals surface area (Å²) in [6.45, 7) is 9.07. The second-order valence-electron chi connectivity index (χ2n) is 9.12. The summed E-state index contributed by atoms with van der Waals surface area (Å²) in [7, 11) is 0. The highest BCUT2D eigenvalue weighted by Crippen LogP contribution is 2.28. The van der Waals surface area contributed by atoms with Crippen LogP contribution in [0.25, 0.3) is 11.5 Å². The molecular formula is C26H31N5O2. The Labute approximate surface area is 195 Å². The van der Waals surface area contributed by atoms with Crippen LogP contribution in [0.1, 0.15) is 24.0 Å². The van der Waals surface area contributed by atoms with Gasteiger partial charge in [0.1, 0.15) is 0 Å². The summed E-state index contributed by atoms with van der Waals surface area (Å²) in [6, 6.07) is 17.1. The van der Waals surface area contributed by atoms with Crippen molar-refractivity contribution in [3.8, 4) is 11.5 Å². The number of aromatic nitrogens is 2. The summed E-state index contributed by atoms with van der Waals surface area (Å²) >= 11 is 0. The van der Waals surface area contributed by atoms with E-state index in [2.05, 4.69) is 63.0 Å². The van der Waals surface area contributed by atoms with Gasteiger partial charge in [0.2, 0.25) is 11.8 Å². The van der Waals surface area contributed by atoms with Gasteiger partial charge in [-0.1, -0.05) is 41.0 Å². The van der Waals surface area contributed by atoms with Crippen molar-refractivity contribution in [1.29, 1.82) is 0 Å². The molecule has 0 saturated carbocycles. The molecular weight excluding hydrogens is 414 g/mol. The normalized spacial score (nSPS) is 17.5. The van der Waals surface area contributed by atoms with Gasteiger partial charge in [-0.05, 0) is 50.5 Å². The van der Waals surface area contributed by atoms with Gasteiger partial charge in [0, 0.05) is 56.4 Å². The quantitative estimate of drug-likeness (QED) is 0.607. The highest BCUT2D eigenvalue weighted by Gasteiger charge is 2.32. The van der Waals surface area contributed by atoms with E-state index >= 15 is 0 Å². The Morgan fingerprint density at radius 3 is 2.24 bits per heavy atom. The molecule has 7 nitrogen and oxygen atoms in total. The summed E-state index contributed by atoms with van der Waals surface area (Å²) in [6.07, 6.45) is 1.64. The number of rotatable bonds is 4. The first-order valence-corrected chi connectivity index (χ1v) is 11.8. The van der Waals surface area contributed by atoms with Gasteiger partial charge in [-0.3, -0.25) is 4.79 Å². The summed E-state index contributed by atoms with van der Waals surface area (Å²) in [4.78, 5) is 19.7. The highest BCUT2D eigenvalue weighted by molar-refractivity contribution is 5.79. The van der Waals surface area contributed by atoms with Crippen LogP contribution in [0, 0.1) is 19.8 Å². The molecule has 7 heteroatoms. The van der Waals surface area contributed by atoms with E-state index in [1.165, 1.54) is 16.8 Å². The molecule has 2 aromatic carbocycles. The number of nitrogens with zero attached hydrogens (tertiary/aromatic N) is 5. The van der Waals surface area contributed by atoms with Gasteiger partial charge in [0.05, 0.1) is 0 Å². The number of para-hydroxylation sites is 1. The molecule has 0 N–H and O–H groups in total. The maximum atomic E-state index is 13.2. The number of amides is 1. The Morgan fingerprint density at radius 1 is 0.848 bits per heavy atom. The molecule has 2 saturated heterocycles. The van der Waals surface area contributed by atoms with E-state index in [0.717, 1.165) is 57.7 Å². The second-order valence-corrected chi connectivity index (χ2v) is 9.12. The van der Waals surface area contributed by atoms with Gasteiger partial charge in [-0.25, -0.2) is 0 Å². The number of carbonyl (C=O) groups excluding carboxylic acids is 1. The Bertz CT molecular complexity index is 1090. The van der Waals surface area contributed by atoms with Crippen LogP contribution in [-0.4, -0.2) is 60.3 Å². The molecule has 1 aromatic heterocycles. The van der Waals surface area contributed by atoms with E-state index in [1.807, 2.05) is 24.3 Å². The van der Waals surface area contributed by atoms with Crippen molar-refractivity contribution in [2.24, 2.45) is 5.92 Å². The molecule has 3 aromatic rings. The lowest BCUT2D eigenvalue weighted by molar-refractivity contribution is -0.136. The zero-order valence-electron chi connectivity index (χ0n) is 19.4. The molecule has 3 heterocycles. The number of piperidine rings is 1. The second kappa shape index (κ2) is 9.25. The molecule has 0 radical (unpaired) electrons. The van der Waals surface area contributed by atoms with Gasteiger partial charge in [0.25, 0.3) is 0 Å². The zero-order valence-corrected chi connectivity index (χ0v) is 19.4. The minimum atomic E-state index is 0.0748. The first kappa shape index (κ1) is 21.5. The van der Waals surface area contributed by atoms with Gasteiger partial charge in [-0.15, -0.1) is 5.10 Å². The van der Waals surface area contributed by atoms with Crippen LogP contribution in [0.2, 0.25) is 0 Å². The topological polar surface area (TPSA) is 65.7 Å². The highest BCUT2D eigenvalue weighted by atomic mass is 16.4. The lowest BCUT2D eigenvalue weighted by atomic mass is 9.95. The molecule has 0 aliphatic carbocycles. The Kier molecular flexibility index (Phi) is 6.03. The summed E-state index contributed by atoms with van der Waals surface area (Å²) in [5, 5.41) is 8.47. The van der Waals surface area contributed by atoms with Crippen LogP contribution in [0.15, 0.2) is 52.9 Å². The fraction of sp³-hybridized carbons (Fsp3) is 0.423. The number of benzene rings is 2. The number of anilines is 2. The van der Waals surface area contributed by atoms with E-state index in [9.17, 15) is 4.79 Å². The number of hydrogen-bond acceptors (Lipinski definition) is 6. The third-order valence-electron chi connectivity index (χ3n) is 6.88.